The van der Waals surface area contributed by atoms with Crippen molar-refractivity contribution in [2.24, 2.45) is 17.8 Å². The van der Waals surface area contributed by atoms with Crippen molar-refractivity contribution in [1.82, 2.24) is 0 Å². The van der Waals surface area contributed by atoms with Crippen LogP contribution in [0.4, 0.5) is 0 Å². The predicted molar refractivity (Wildman–Crippen MR) is 134 cm³/mol. The highest BCUT2D eigenvalue weighted by Gasteiger charge is 2.32. The zero-order chi connectivity index (χ0) is 25.4. The minimum atomic E-state index is -0.466. The van der Waals surface area contributed by atoms with E-state index in [1.165, 1.54) is 7.11 Å². The van der Waals surface area contributed by atoms with Crippen molar-refractivity contribution in [3.8, 4) is 23.0 Å². The van der Waals surface area contributed by atoms with E-state index in [-0.39, 0.29) is 29.8 Å². The molecule has 2 aromatic rings. The molecular formula is C28H36O6. The molecule has 0 saturated carbocycles. The van der Waals surface area contributed by atoms with E-state index < -0.39 is 5.92 Å². The van der Waals surface area contributed by atoms with Crippen LogP contribution in [0.3, 0.4) is 0 Å². The fourth-order valence-corrected chi connectivity index (χ4v) is 4.05. The molecule has 184 valence electrons. The van der Waals surface area contributed by atoms with Gasteiger partial charge in [0.1, 0.15) is 0 Å². The average Bonchev–Trinajstić information content (AvgIpc) is 2.84. The maximum atomic E-state index is 13.7. The molecule has 2 atom stereocenters. The highest BCUT2D eigenvalue weighted by atomic mass is 16.5. The Morgan fingerprint density at radius 3 is 1.68 bits per heavy atom. The minimum absolute atomic E-state index is 0.0491. The van der Waals surface area contributed by atoms with Gasteiger partial charge in [0, 0.05) is 23.5 Å². The van der Waals surface area contributed by atoms with Gasteiger partial charge in [-0.15, -0.1) is 0 Å². The number of hydrogen-bond donors (Lipinski definition) is 0. The molecule has 0 heterocycles. The third kappa shape index (κ3) is 6.40. The smallest absolute Gasteiger partial charge is 0.170 e. The van der Waals surface area contributed by atoms with Crippen molar-refractivity contribution in [2.45, 2.75) is 34.1 Å². The number of hydrogen-bond acceptors (Lipinski definition) is 6. The number of rotatable bonds is 12. The molecular weight excluding hydrogens is 432 g/mol. The van der Waals surface area contributed by atoms with E-state index in [1.54, 1.807) is 57.7 Å². The number of allylic oxidation sites excluding steroid dienone is 2. The lowest BCUT2D eigenvalue weighted by atomic mass is 9.75. The van der Waals surface area contributed by atoms with Crippen molar-refractivity contribution in [2.75, 3.05) is 28.4 Å². The first-order chi connectivity index (χ1) is 16.2. The fraction of sp³-hybridized carbons (Fsp3) is 0.429. The standard InChI is InChI=1S/C28H36O6/c1-17(2)13-22(28(30)20-10-12-25(32-6)27(15-20)34-8)21(18(3)4)16-23(29)19-9-11-24(31-5)26(14-19)33-7/h9-15,18,21-22H,16H2,1-8H3/t21-,22-/m1/s1. The van der Waals surface area contributed by atoms with E-state index in [1.807, 2.05) is 33.8 Å². The van der Waals surface area contributed by atoms with E-state index in [0.29, 0.717) is 34.1 Å². The van der Waals surface area contributed by atoms with Gasteiger partial charge in [-0.3, -0.25) is 9.59 Å². The van der Waals surface area contributed by atoms with Gasteiger partial charge in [-0.1, -0.05) is 25.5 Å². The summed E-state index contributed by atoms with van der Waals surface area (Å²) in [6, 6.07) is 10.3. The van der Waals surface area contributed by atoms with Crippen molar-refractivity contribution in [1.29, 1.82) is 0 Å². The zero-order valence-electron chi connectivity index (χ0n) is 21.4. The van der Waals surface area contributed by atoms with Crippen molar-refractivity contribution < 1.29 is 28.5 Å². The van der Waals surface area contributed by atoms with Crippen LogP contribution in [-0.2, 0) is 0 Å². The van der Waals surface area contributed by atoms with E-state index in [2.05, 4.69) is 0 Å². The molecule has 2 rings (SSSR count). The molecule has 0 N–H and O–H groups in total. The molecule has 2 aromatic carbocycles. The third-order valence-electron chi connectivity index (χ3n) is 5.93. The van der Waals surface area contributed by atoms with Crippen LogP contribution in [-0.4, -0.2) is 40.0 Å². The second-order valence-corrected chi connectivity index (χ2v) is 8.81. The van der Waals surface area contributed by atoms with Crippen molar-refractivity contribution >= 4 is 11.6 Å². The second-order valence-electron chi connectivity index (χ2n) is 8.81. The quantitative estimate of drug-likeness (QED) is 0.280. The molecule has 0 aliphatic carbocycles. The molecule has 0 aliphatic rings. The highest BCUT2D eigenvalue weighted by Crippen LogP contribution is 2.35. The van der Waals surface area contributed by atoms with Crippen molar-refractivity contribution in [3.63, 3.8) is 0 Å². The van der Waals surface area contributed by atoms with Gasteiger partial charge in [0.05, 0.1) is 28.4 Å². The van der Waals surface area contributed by atoms with E-state index in [0.717, 1.165) is 5.57 Å². The molecule has 6 heteroatoms. The maximum Gasteiger partial charge on any atom is 0.170 e. The Bertz CT molecular complexity index is 1030. The number of carbonyl (C=O) groups is 2. The van der Waals surface area contributed by atoms with Crippen LogP contribution >= 0.6 is 0 Å². The number of benzene rings is 2. The Morgan fingerprint density at radius 1 is 0.765 bits per heavy atom. The summed E-state index contributed by atoms with van der Waals surface area (Å²) < 4.78 is 21.3. The molecule has 0 radical (unpaired) electrons. The summed E-state index contributed by atoms with van der Waals surface area (Å²) in [4.78, 5) is 27.0. The van der Waals surface area contributed by atoms with Crippen LogP contribution < -0.4 is 18.9 Å². The summed E-state index contributed by atoms with van der Waals surface area (Å²) >= 11 is 0. The summed E-state index contributed by atoms with van der Waals surface area (Å²) in [6.07, 6.45) is 2.19. The van der Waals surface area contributed by atoms with E-state index in [4.69, 9.17) is 18.9 Å². The van der Waals surface area contributed by atoms with Gasteiger partial charge in [0.15, 0.2) is 34.6 Å². The van der Waals surface area contributed by atoms with Gasteiger partial charge >= 0.3 is 0 Å². The molecule has 0 aromatic heterocycles. The van der Waals surface area contributed by atoms with Crippen LogP contribution in [0.15, 0.2) is 48.0 Å². The first kappa shape index (κ1) is 27.0. The Balaban J connectivity index is 2.43. The lowest BCUT2D eigenvalue weighted by Gasteiger charge is -2.28. The number of ketones is 2. The lowest BCUT2D eigenvalue weighted by molar-refractivity contribution is 0.0839. The molecule has 0 unspecified atom stereocenters. The summed E-state index contributed by atoms with van der Waals surface area (Å²) in [5, 5.41) is 0. The predicted octanol–water partition coefficient (Wildman–Crippen LogP) is 6.03. The fourth-order valence-electron chi connectivity index (χ4n) is 4.05. The zero-order valence-corrected chi connectivity index (χ0v) is 21.4. The molecule has 0 saturated heterocycles. The van der Waals surface area contributed by atoms with Crippen LogP contribution in [0, 0.1) is 17.8 Å². The summed E-state index contributed by atoms with van der Waals surface area (Å²) in [5.41, 5.74) is 2.06. The Kier molecular flexibility index (Phi) is 9.72. The topological polar surface area (TPSA) is 71.1 Å². The van der Waals surface area contributed by atoms with Gasteiger partial charge in [-0.2, -0.15) is 0 Å². The Labute approximate surface area is 202 Å². The minimum Gasteiger partial charge on any atom is -0.493 e. The monoisotopic (exact) mass is 468 g/mol. The number of methoxy groups -OCH3 is 4. The first-order valence-corrected chi connectivity index (χ1v) is 11.3. The molecule has 0 bridgehead atoms. The summed E-state index contributed by atoms with van der Waals surface area (Å²) in [6.45, 7) is 8.01. The van der Waals surface area contributed by atoms with Crippen LogP contribution in [0.1, 0.15) is 54.8 Å². The van der Waals surface area contributed by atoms with Crippen LogP contribution in [0.2, 0.25) is 0 Å². The van der Waals surface area contributed by atoms with Gasteiger partial charge < -0.3 is 18.9 Å². The van der Waals surface area contributed by atoms with Crippen molar-refractivity contribution in [3.05, 3.63) is 59.2 Å². The Hall–Kier alpha value is -3.28. The molecule has 6 nitrogen and oxygen atoms in total. The van der Waals surface area contributed by atoms with E-state index in [9.17, 15) is 9.59 Å². The maximum absolute atomic E-state index is 13.7. The second kappa shape index (κ2) is 12.3. The number of ether oxygens (including phenoxy) is 4. The molecule has 0 amide bonds. The largest absolute Gasteiger partial charge is 0.493 e. The third-order valence-corrected chi connectivity index (χ3v) is 5.93. The number of carbonyl (C=O) groups excluding carboxylic acids is 2. The number of Topliss-reactive ketones (excluding diaryl/α,β-unsaturated/α-hetero) is 2. The molecule has 0 spiro atoms. The van der Waals surface area contributed by atoms with Crippen LogP contribution in [0.25, 0.3) is 0 Å². The summed E-state index contributed by atoms with van der Waals surface area (Å²) in [7, 11) is 6.19. The first-order valence-electron chi connectivity index (χ1n) is 11.3. The van der Waals surface area contributed by atoms with Gasteiger partial charge in [0.2, 0.25) is 0 Å². The normalized spacial score (nSPS) is 12.5. The highest BCUT2D eigenvalue weighted by molar-refractivity contribution is 6.01. The Morgan fingerprint density at radius 2 is 1.24 bits per heavy atom. The SMILES string of the molecule is COc1ccc(C(=O)C[C@H](C(C)C)[C@@H](C=C(C)C)C(=O)c2ccc(OC)c(OC)c2)cc1OC. The molecule has 34 heavy (non-hydrogen) atoms. The average molecular weight is 469 g/mol. The lowest BCUT2D eigenvalue weighted by Crippen LogP contribution is -2.29. The van der Waals surface area contributed by atoms with Gasteiger partial charge in [-0.05, 0) is 62.1 Å². The van der Waals surface area contributed by atoms with Gasteiger partial charge in [0.25, 0.3) is 0 Å². The molecule has 0 aliphatic heterocycles. The van der Waals surface area contributed by atoms with Gasteiger partial charge in [-0.25, -0.2) is 0 Å². The van der Waals surface area contributed by atoms with E-state index >= 15 is 0 Å². The summed E-state index contributed by atoms with van der Waals surface area (Å²) in [5.74, 6) is 1.43. The van der Waals surface area contributed by atoms with Crippen LogP contribution in [0.5, 0.6) is 23.0 Å². The molecule has 0 fully saturated rings.